The number of methoxy groups -OCH3 is 1. The number of aryl methyl sites for hydroxylation is 1. The number of H-pyrrole nitrogens is 1. The van der Waals surface area contributed by atoms with Crippen molar-refractivity contribution in [3.8, 4) is 0 Å². The predicted octanol–water partition coefficient (Wildman–Crippen LogP) is 1.24. The van der Waals surface area contributed by atoms with Crippen LogP contribution in [0.3, 0.4) is 0 Å². The van der Waals surface area contributed by atoms with Crippen LogP contribution in [-0.4, -0.2) is 85.4 Å². The smallest absolute Gasteiger partial charge is 0.339 e. The minimum atomic E-state index is -0.437. The van der Waals surface area contributed by atoms with E-state index in [9.17, 15) is 14.4 Å². The van der Waals surface area contributed by atoms with Crippen LogP contribution in [0.15, 0.2) is 22.8 Å². The number of nitrogens with zero attached hydrogens (tertiary/aromatic N) is 2. The highest BCUT2D eigenvalue weighted by atomic mass is 16.5. The van der Waals surface area contributed by atoms with Gasteiger partial charge in [0.25, 0.3) is 5.91 Å². The number of rotatable bonds is 8. The summed E-state index contributed by atoms with van der Waals surface area (Å²) in [6, 6.07) is 3.31. The number of carbonyl (C=O) groups is 3. The molecule has 0 spiro atoms. The van der Waals surface area contributed by atoms with E-state index in [4.69, 9.17) is 9.15 Å². The van der Waals surface area contributed by atoms with Gasteiger partial charge in [0.1, 0.15) is 0 Å². The first kappa shape index (κ1) is 21.8. The van der Waals surface area contributed by atoms with E-state index < -0.39 is 5.97 Å². The van der Waals surface area contributed by atoms with E-state index in [2.05, 4.69) is 20.1 Å². The largest absolute Gasteiger partial charge is 0.465 e. The molecule has 1 saturated heterocycles. The second-order valence-corrected chi connectivity index (χ2v) is 7.39. The van der Waals surface area contributed by atoms with Crippen LogP contribution in [-0.2, 0) is 4.74 Å². The molecule has 3 heterocycles. The number of Topliss-reactive ketones (excluding diaryl/α,β-unsaturated/α-hetero) is 1. The Morgan fingerprint density at radius 3 is 2.50 bits per heavy atom. The SMILES string of the molecule is COC(=O)c1c(C)[nH]c(C(=O)CN2CCN(CCNC(=O)c3ccco3)CC2)c1C. The highest BCUT2D eigenvalue weighted by Gasteiger charge is 2.25. The molecule has 1 aliphatic heterocycles. The first-order valence-corrected chi connectivity index (χ1v) is 9.97. The molecule has 2 aromatic rings. The van der Waals surface area contributed by atoms with E-state index in [0.717, 1.165) is 32.7 Å². The Hall–Kier alpha value is -2.91. The van der Waals surface area contributed by atoms with Crippen molar-refractivity contribution in [1.82, 2.24) is 20.1 Å². The quantitative estimate of drug-likeness (QED) is 0.492. The molecule has 9 heteroatoms. The number of furan rings is 1. The van der Waals surface area contributed by atoms with Gasteiger partial charge in [-0.15, -0.1) is 0 Å². The zero-order chi connectivity index (χ0) is 21.7. The molecule has 0 bridgehead atoms. The molecule has 0 saturated carbocycles. The van der Waals surface area contributed by atoms with E-state index in [1.165, 1.54) is 13.4 Å². The molecule has 0 aromatic carbocycles. The number of aromatic nitrogens is 1. The first-order valence-electron chi connectivity index (χ1n) is 9.97. The van der Waals surface area contributed by atoms with Gasteiger partial charge in [-0.25, -0.2) is 4.79 Å². The monoisotopic (exact) mass is 416 g/mol. The van der Waals surface area contributed by atoms with Gasteiger partial charge in [-0.3, -0.25) is 19.4 Å². The Morgan fingerprint density at radius 2 is 1.87 bits per heavy atom. The number of hydrogen-bond donors (Lipinski definition) is 2. The summed E-state index contributed by atoms with van der Waals surface area (Å²) in [4.78, 5) is 43.9. The maximum absolute atomic E-state index is 12.8. The molecule has 1 amide bonds. The number of amides is 1. The highest BCUT2D eigenvalue weighted by Crippen LogP contribution is 2.19. The van der Waals surface area contributed by atoms with Gasteiger partial charge in [0, 0.05) is 45.0 Å². The van der Waals surface area contributed by atoms with Crippen molar-refractivity contribution < 1.29 is 23.5 Å². The average Bonchev–Trinajstić information content (AvgIpc) is 3.37. The van der Waals surface area contributed by atoms with Crippen molar-refractivity contribution in [3.05, 3.63) is 46.7 Å². The van der Waals surface area contributed by atoms with E-state index in [-0.39, 0.29) is 11.7 Å². The summed E-state index contributed by atoms with van der Waals surface area (Å²) in [7, 11) is 1.33. The fourth-order valence-corrected chi connectivity index (χ4v) is 3.71. The van der Waals surface area contributed by atoms with Crippen molar-refractivity contribution in [2.24, 2.45) is 0 Å². The molecule has 2 aromatic heterocycles. The second kappa shape index (κ2) is 9.73. The second-order valence-electron chi connectivity index (χ2n) is 7.39. The van der Waals surface area contributed by atoms with Crippen LogP contribution in [0, 0.1) is 13.8 Å². The Balaban J connectivity index is 1.44. The standard InChI is InChI=1S/C21H28N4O5/c1-14-18(21(28)29-3)15(2)23-19(14)16(26)13-25-10-8-24(9-11-25)7-6-22-20(27)17-5-4-12-30-17/h4-5,12,23H,6-11,13H2,1-3H3,(H,22,27). The molecule has 0 unspecified atom stereocenters. The summed E-state index contributed by atoms with van der Waals surface area (Å²) in [6.45, 7) is 8.27. The number of ether oxygens (including phenoxy) is 1. The van der Waals surface area contributed by atoms with E-state index >= 15 is 0 Å². The maximum Gasteiger partial charge on any atom is 0.339 e. The van der Waals surface area contributed by atoms with Crippen LogP contribution in [0.25, 0.3) is 0 Å². The van der Waals surface area contributed by atoms with Crippen LogP contribution in [0.4, 0.5) is 0 Å². The maximum atomic E-state index is 12.8. The molecule has 0 aliphatic carbocycles. The average molecular weight is 416 g/mol. The summed E-state index contributed by atoms with van der Waals surface area (Å²) < 4.78 is 9.87. The number of hydrogen-bond acceptors (Lipinski definition) is 7. The molecular weight excluding hydrogens is 388 g/mol. The van der Waals surface area contributed by atoms with Gasteiger partial charge >= 0.3 is 5.97 Å². The number of piperazine rings is 1. The van der Waals surface area contributed by atoms with Gasteiger partial charge in [-0.05, 0) is 31.5 Å². The Morgan fingerprint density at radius 1 is 1.17 bits per heavy atom. The zero-order valence-corrected chi connectivity index (χ0v) is 17.6. The number of aromatic amines is 1. The van der Waals surface area contributed by atoms with Gasteiger partial charge in [-0.1, -0.05) is 0 Å². The van der Waals surface area contributed by atoms with Crippen LogP contribution in [0.2, 0.25) is 0 Å². The van der Waals surface area contributed by atoms with Crippen molar-refractivity contribution in [2.45, 2.75) is 13.8 Å². The molecule has 30 heavy (non-hydrogen) atoms. The Kier molecular flexibility index (Phi) is 7.07. The van der Waals surface area contributed by atoms with Gasteiger partial charge in [0.05, 0.1) is 31.2 Å². The number of carbonyl (C=O) groups excluding carboxylic acids is 3. The summed E-state index contributed by atoms with van der Waals surface area (Å²) >= 11 is 0. The molecule has 1 fully saturated rings. The molecule has 3 rings (SSSR count). The molecule has 162 valence electrons. The van der Waals surface area contributed by atoms with Crippen molar-refractivity contribution in [3.63, 3.8) is 0 Å². The van der Waals surface area contributed by atoms with Crippen LogP contribution in [0.5, 0.6) is 0 Å². The predicted molar refractivity (Wildman–Crippen MR) is 110 cm³/mol. The Bertz CT molecular complexity index is 895. The lowest BCUT2D eigenvalue weighted by molar-refractivity contribution is 0.0599. The van der Waals surface area contributed by atoms with Crippen LogP contribution >= 0.6 is 0 Å². The number of ketones is 1. The minimum absolute atomic E-state index is 0.0371. The lowest BCUT2D eigenvalue weighted by Crippen LogP contribution is -2.49. The molecule has 0 radical (unpaired) electrons. The first-order chi connectivity index (χ1) is 14.4. The van der Waals surface area contributed by atoms with Gasteiger partial charge in [-0.2, -0.15) is 0 Å². The van der Waals surface area contributed by atoms with Crippen molar-refractivity contribution in [1.29, 1.82) is 0 Å². The van der Waals surface area contributed by atoms with Crippen molar-refractivity contribution >= 4 is 17.7 Å². The lowest BCUT2D eigenvalue weighted by Gasteiger charge is -2.34. The topological polar surface area (TPSA) is 108 Å². The van der Waals surface area contributed by atoms with E-state index in [0.29, 0.717) is 41.4 Å². The van der Waals surface area contributed by atoms with Gasteiger partial charge < -0.3 is 19.5 Å². The highest BCUT2D eigenvalue weighted by molar-refractivity contribution is 6.02. The molecule has 0 atom stereocenters. The lowest BCUT2D eigenvalue weighted by atomic mass is 10.1. The van der Waals surface area contributed by atoms with E-state index in [1.54, 1.807) is 26.0 Å². The van der Waals surface area contributed by atoms with Crippen LogP contribution in [0.1, 0.15) is 42.7 Å². The Labute approximate surface area is 175 Å². The van der Waals surface area contributed by atoms with Crippen LogP contribution < -0.4 is 5.32 Å². The third-order valence-electron chi connectivity index (χ3n) is 5.40. The number of nitrogens with one attached hydrogen (secondary N) is 2. The molecule has 2 N–H and O–H groups in total. The molecular formula is C21H28N4O5. The van der Waals surface area contributed by atoms with E-state index in [1.807, 2.05) is 0 Å². The minimum Gasteiger partial charge on any atom is -0.465 e. The fraction of sp³-hybridized carbons (Fsp3) is 0.476. The summed E-state index contributed by atoms with van der Waals surface area (Å²) in [5.41, 5.74) is 2.18. The summed E-state index contributed by atoms with van der Waals surface area (Å²) in [6.07, 6.45) is 1.47. The normalized spacial score (nSPS) is 15.2. The summed E-state index contributed by atoms with van der Waals surface area (Å²) in [5.74, 6) is -0.381. The van der Waals surface area contributed by atoms with Gasteiger partial charge in [0.2, 0.25) is 0 Å². The molecule has 9 nitrogen and oxygen atoms in total. The number of esters is 1. The zero-order valence-electron chi connectivity index (χ0n) is 17.6. The fourth-order valence-electron chi connectivity index (χ4n) is 3.71. The summed E-state index contributed by atoms with van der Waals surface area (Å²) in [5, 5.41) is 2.84. The molecule has 1 aliphatic rings. The van der Waals surface area contributed by atoms with Gasteiger partial charge in [0.15, 0.2) is 11.5 Å². The van der Waals surface area contributed by atoms with Crippen molar-refractivity contribution in [2.75, 3.05) is 52.9 Å². The third-order valence-corrected chi connectivity index (χ3v) is 5.40. The third kappa shape index (κ3) is 4.98.